The Labute approximate surface area is 211 Å². The number of hydrogen-bond donors (Lipinski definition) is 3. The molecule has 34 heavy (non-hydrogen) atoms. The van der Waals surface area contributed by atoms with Gasteiger partial charge in [0.2, 0.25) is 0 Å². The van der Waals surface area contributed by atoms with E-state index >= 15 is 0 Å². The Bertz CT molecular complexity index is 1100. The van der Waals surface area contributed by atoms with Gasteiger partial charge in [0.05, 0.1) is 17.1 Å². The summed E-state index contributed by atoms with van der Waals surface area (Å²) < 4.78 is 0. The van der Waals surface area contributed by atoms with E-state index in [9.17, 15) is 0 Å². The van der Waals surface area contributed by atoms with E-state index in [0.29, 0.717) is 0 Å². The van der Waals surface area contributed by atoms with E-state index in [1.807, 2.05) is 109 Å². The van der Waals surface area contributed by atoms with Gasteiger partial charge in [-0.05, 0) is 34.9 Å². The predicted octanol–water partition coefficient (Wildman–Crippen LogP) is 6.23. The Morgan fingerprint density at radius 3 is 0.824 bits per heavy atom. The van der Waals surface area contributed by atoms with Gasteiger partial charge in [0.15, 0.2) is 0 Å². The molecule has 3 heterocycles. The molecule has 0 aliphatic rings. The number of nitrogens with zero attached hydrogens (tertiary/aromatic N) is 3. The van der Waals surface area contributed by atoms with Gasteiger partial charge in [-0.25, -0.2) is 0 Å². The van der Waals surface area contributed by atoms with Crippen molar-refractivity contribution in [2.75, 3.05) is 0 Å². The Morgan fingerprint density at radius 1 is 0.353 bits per heavy atom. The summed E-state index contributed by atoms with van der Waals surface area (Å²) in [7, 11) is 0. The van der Waals surface area contributed by atoms with E-state index in [-0.39, 0.29) is 20.1 Å². The third kappa shape index (κ3) is 7.23. The van der Waals surface area contributed by atoms with Crippen molar-refractivity contribution in [3.63, 3.8) is 0 Å². The Balaban J connectivity index is 0.000000141. The molecular weight excluding hydrogens is 601 g/mol. The molecule has 7 heteroatoms. The van der Waals surface area contributed by atoms with Gasteiger partial charge in [0.1, 0.15) is 0 Å². The van der Waals surface area contributed by atoms with Gasteiger partial charge in [-0.1, -0.05) is 91.0 Å². The van der Waals surface area contributed by atoms with Crippen molar-refractivity contribution in [3.05, 3.63) is 128 Å². The fraction of sp³-hybridized carbons (Fsp3) is 0. The van der Waals surface area contributed by atoms with Gasteiger partial charge in [-0.15, -0.1) is 0 Å². The van der Waals surface area contributed by atoms with Crippen LogP contribution < -0.4 is 0 Å². The molecule has 0 bridgehead atoms. The van der Waals surface area contributed by atoms with Crippen LogP contribution in [0.5, 0.6) is 0 Å². The standard InChI is InChI=1S/3C9H8N2.Ir/c3*1-2-4-8(5-3-1)9-6-7-10-11-9;/h3*1-7H,(H,10,11);. The number of nitrogens with one attached hydrogen (secondary N) is 3. The predicted molar refractivity (Wildman–Crippen MR) is 132 cm³/mol. The largest absolute Gasteiger partial charge is 0.278 e. The second-order valence-electron chi connectivity index (χ2n) is 7.01. The first-order valence-corrected chi connectivity index (χ1v) is 10.5. The SMILES string of the molecule is [Ir].c1ccc(-c2ccn[nH]2)cc1.c1ccc(-c2ccn[nH]2)cc1.c1ccc(-c2ccn[nH]2)cc1. The first kappa shape index (κ1) is 24.6. The molecule has 0 spiro atoms. The number of H-pyrrole nitrogens is 3. The zero-order chi connectivity index (χ0) is 22.6. The van der Waals surface area contributed by atoms with Crippen LogP contribution in [0.25, 0.3) is 33.8 Å². The maximum atomic E-state index is 3.87. The Kier molecular flexibility index (Phi) is 9.74. The van der Waals surface area contributed by atoms with Crippen LogP contribution in [0.2, 0.25) is 0 Å². The quantitative estimate of drug-likeness (QED) is 0.218. The average Bonchev–Trinajstić information content (AvgIpc) is 3.70. The van der Waals surface area contributed by atoms with Crippen molar-refractivity contribution in [1.29, 1.82) is 0 Å². The van der Waals surface area contributed by atoms with Crippen molar-refractivity contribution in [2.24, 2.45) is 0 Å². The normalized spacial score (nSPS) is 9.53. The molecule has 0 saturated heterocycles. The molecule has 0 atom stereocenters. The van der Waals surface area contributed by atoms with E-state index < -0.39 is 0 Å². The van der Waals surface area contributed by atoms with Crippen LogP contribution in [0.15, 0.2) is 128 Å². The van der Waals surface area contributed by atoms with Crippen LogP contribution in [-0.4, -0.2) is 30.6 Å². The molecule has 6 aromatic rings. The molecule has 171 valence electrons. The first-order chi connectivity index (χ1) is 16.4. The maximum absolute atomic E-state index is 3.87. The molecule has 0 amide bonds. The number of benzene rings is 3. The number of aromatic amines is 3. The van der Waals surface area contributed by atoms with Crippen LogP contribution in [0, 0.1) is 0 Å². The fourth-order valence-corrected chi connectivity index (χ4v) is 3.10. The summed E-state index contributed by atoms with van der Waals surface area (Å²) in [6.07, 6.45) is 5.26. The summed E-state index contributed by atoms with van der Waals surface area (Å²) in [6.45, 7) is 0. The molecule has 1 radical (unpaired) electrons. The van der Waals surface area contributed by atoms with E-state index in [1.54, 1.807) is 18.6 Å². The van der Waals surface area contributed by atoms with E-state index in [0.717, 1.165) is 17.1 Å². The smallest absolute Gasteiger partial charge is 0.0650 e. The zero-order valence-corrected chi connectivity index (χ0v) is 20.7. The number of hydrogen-bond acceptors (Lipinski definition) is 3. The van der Waals surface area contributed by atoms with Crippen LogP contribution >= 0.6 is 0 Å². The van der Waals surface area contributed by atoms with E-state index in [1.165, 1.54) is 16.7 Å². The molecular formula is C27H24IrN6. The van der Waals surface area contributed by atoms with Gasteiger partial charge >= 0.3 is 0 Å². The average molecular weight is 625 g/mol. The molecule has 0 aliphatic carbocycles. The summed E-state index contributed by atoms with van der Waals surface area (Å²) in [6, 6.07) is 36.2. The second kappa shape index (κ2) is 13.5. The molecule has 6 rings (SSSR count). The minimum absolute atomic E-state index is 0. The third-order valence-electron chi connectivity index (χ3n) is 4.76. The molecule has 0 unspecified atom stereocenters. The van der Waals surface area contributed by atoms with Crippen LogP contribution in [0.4, 0.5) is 0 Å². The topological polar surface area (TPSA) is 86.0 Å². The monoisotopic (exact) mass is 625 g/mol. The van der Waals surface area contributed by atoms with Crippen molar-refractivity contribution >= 4 is 0 Å². The van der Waals surface area contributed by atoms with Gasteiger partial charge in [-0.3, -0.25) is 15.3 Å². The molecule has 0 fully saturated rings. The summed E-state index contributed by atoms with van der Waals surface area (Å²) in [5, 5.41) is 20.3. The van der Waals surface area contributed by atoms with Gasteiger partial charge < -0.3 is 0 Å². The summed E-state index contributed by atoms with van der Waals surface area (Å²) in [4.78, 5) is 0. The van der Waals surface area contributed by atoms with Crippen molar-refractivity contribution in [1.82, 2.24) is 30.6 Å². The van der Waals surface area contributed by atoms with Crippen LogP contribution in [0.3, 0.4) is 0 Å². The molecule has 3 aromatic carbocycles. The van der Waals surface area contributed by atoms with Crippen molar-refractivity contribution in [2.45, 2.75) is 0 Å². The molecule has 3 aromatic heterocycles. The van der Waals surface area contributed by atoms with Crippen molar-refractivity contribution < 1.29 is 20.1 Å². The molecule has 6 nitrogen and oxygen atoms in total. The molecule has 0 aliphatic heterocycles. The molecule has 0 saturated carbocycles. The third-order valence-corrected chi connectivity index (χ3v) is 4.76. The summed E-state index contributed by atoms with van der Waals surface area (Å²) in [5.41, 5.74) is 6.70. The maximum Gasteiger partial charge on any atom is 0.0650 e. The Hall–Kier alpha value is -4.06. The fourth-order valence-electron chi connectivity index (χ4n) is 3.10. The summed E-state index contributed by atoms with van der Waals surface area (Å²) in [5.74, 6) is 0. The van der Waals surface area contributed by atoms with E-state index in [4.69, 9.17) is 0 Å². The van der Waals surface area contributed by atoms with E-state index in [2.05, 4.69) is 30.6 Å². The summed E-state index contributed by atoms with van der Waals surface area (Å²) >= 11 is 0. The van der Waals surface area contributed by atoms with Crippen molar-refractivity contribution in [3.8, 4) is 33.8 Å². The van der Waals surface area contributed by atoms with Gasteiger partial charge in [0, 0.05) is 38.7 Å². The minimum Gasteiger partial charge on any atom is -0.278 e. The zero-order valence-electron chi connectivity index (χ0n) is 18.3. The minimum atomic E-state index is 0. The second-order valence-corrected chi connectivity index (χ2v) is 7.01. The number of rotatable bonds is 3. The molecule has 3 N–H and O–H groups in total. The first-order valence-electron chi connectivity index (χ1n) is 10.5. The Morgan fingerprint density at radius 2 is 0.618 bits per heavy atom. The number of aromatic nitrogens is 6. The van der Waals surface area contributed by atoms with Crippen LogP contribution in [-0.2, 0) is 20.1 Å². The van der Waals surface area contributed by atoms with Crippen LogP contribution in [0.1, 0.15) is 0 Å². The van der Waals surface area contributed by atoms with Gasteiger partial charge in [-0.2, -0.15) is 15.3 Å². The van der Waals surface area contributed by atoms with Gasteiger partial charge in [0.25, 0.3) is 0 Å².